The highest BCUT2D eigenvalue weighted by atomic mass is 35.5. The summed E-state index contributed by atoms with van der Waals surface area (Å²) in [4.78, 5) is 15.9. The minimum absolute atomic E-state index is 0.00336. The molecule has 2 aromatic heterocycles. The number of esters is 1. The predicted molar refractivity (Wildman–Crippen MR) is 105 cm³/mol. The summed E-state index contributed by atoms with van der Waals surface area (Å²) in [5, 5.41) is 4.50. The number of nitrogens with two attached hydrogens (primary N) is 2. The number of carbonyl (C=O) groups excluding carboxylic acids is 1. The Morgan fingerprint density at radius 2 is 2.04 bits per heavy atom. The third kappa shape index (κ3) is 4.74. The van der Waals surface area contributed by atoms with Crippen LogP contribution in [0.2, 0.25) is 30.8 Å². The molecule has 0 radical (unpaired) electrons. The van der Waals surface area contributed by atoms with Crippen LogP contribution < -0.4 is 11.5 Å². The van der Waals surface area contributed by atoms with E-state index in [0.29, 0.717) is 23.6 Å². The van der Waals surface area contributed by atoms with Crippen LogP contribution in [0, 0.1) is 0 Å². The Kier molecular flexibility index (Phi) is 6.27. The Morgan fingerprint density at radius 3 is 2.65 bits per heavy atom. The Balaban J connectivity index is 2.39. The van der Waals surface area contributed by atoms with Gasteiger partial charge in [0, 0.05) is 20.2 Å². The van der Waals surface area contributed by atoms with Gasteiger partial charge >= 0.3 is 5.97 Å². The highest BCUT2D eigenvalue weighted by molar-refractivity contribution is 6.76. The molecule has 8 nitrogen and oxygen atoms in total. The first kappa shape index (κ1) is 20.2. The first-order chi connectivity index (χ1) is 12.1. The molecule has 142 valence electrons. The van der Waals surface area contributed by atoms with Crippen LogP contribution in [0.5, 0.6) is 0 Å². The second-order valence-corrected chi connectivity index (χ2v) is 13.1. The monoisotopic (exact) mass is 397 g/mol. The average Bonchev–Trinajstić information content (AvgIpc) is 2.89. The number of anilines is 2. The normalized spacial score (nSPS) is 11.6. The van der Waals surface area contributed by atoms with E-state index in [1.54, 1.807) is 6.07 Å². The maximum absolute atomic E-state index is 12.0. The van der Waals surface area contributed by atoms with Crippen LogP contribution in [0.4, 0.5) is 11.4 Å². The summed E-state index contributed by atoms with van der Waals surface area (Å²) in [6.07, 6.45) is 1.43. The molecule has 0 aliphatic carbocycles. The molecular formula is C16H24ClN5O3Si. The minimum atomic E-state index is -1.22. The molecule has 0 saturated carbocycles. The predicted octanol–water partition coefficient (Wildman–Crippen LogP) is 2.86. The molecule has 2 aromatic rings. The standard InChI is InChI=1S/C16H24ClN5O3Si/c1-24-16(23)14-13(19)15(10-7-12(17)20-8-11(10)18)22(21-14)9-25-5-6-26(2,3)4/h7-8H,5-6,9,18-19H2,1-4H3. The van der Waals surface area contributed by atoms with Crippen LogP contribution >= 0.6 is 11.6 Å². The molecule has 2 heterocycles. The summed E-state index contributed by atoms with van der Waals surface area (Å²) in [5.41, 5.74) is 13.7. The Labute approximate surface area is 158 Å². The van der Waals surface area contributed by atoms with Gasteiger partial charge in [-0.05, 0) is 12.1 Å². The number of ether oxygens (including phenoxy) is 2. The molecule has 0 bridgehead atoms. The quantitative estimate of drug-likeness (QED) is 0.319. The van der Waals surface area contributed by atoms with E-state index < -0.39 is 14.0 Å². The lowest BCUT2D eigenvalue weighted by molar-refractivity contribution is 0.0584. The third-order valence-corrected chi connectivity index (χ3v) is 5.65. The largest absolute Gasteiger partial charge is 0.464 e. The topological polar surface area (TPSA) is 118 Å². The number of carbonyl (C=O) groups is 1. The van der Waals surface area contributed by atoms with Crippen molar-refractivity contribution in [1.82, 2.24) is 14.8 Å². The van der Waals surface area contributed by atoms with Crippen molar-refractivity contribution in [2.24, 2.45) is 0 Å². The molecule has 0 aliphatic rings. The molecule has 10 heteroatoms. The molecular weight excluding hydrogens is 374 g/mol. The van der Waals surface area contributed by atoms with E-state index in [4.69, 9.17) is 32.5 Å². The molecule has 0 fully saturated rings. The van der Waals surface area contributed by atoms with Crippen LogP contribution in [-0.4, -0.2) is 42.5 Å². The van der Waals surface area contributed by atoms with E-state index in [1.807, 2.05) is 0 Å². The molecule has 26 heavy (non-hydrogen) atoms. The smallest absolute Gasteiger partial charge is 0.360 e. The fourth-order valence-electron chi connectivity index (χ4n) is 2.28. The minimum Gasteiger partial charge on any atom is -0.464 e. The van der Waals surface area contributed by atoms with Crippen LogP contribution in [-0.2, 0) is 16.2 Å². The maximum Gasteiger partial charge on any atom is 0.360 e. The van der Waals surface area contributed by atoms with Crippen molar-refractivity contribution in [2.45, 2.75) is 32.4 Å². The van der Waals surface area contributed by atoms with E-state index >= 15 is 0 Å². The summed E-state index contributed by atoms with van der Waals surface area (Å²) in [6.45, 7) is 7.52. The van der Waals surface area contributed by atoms with E-state index in [-0.39, 0.29) is 23.3 Å². The van der Waals surface area contributed by atoms with Gasteiger partial charge in [-0.2, -0.15) is 5.10 Å². The lowest BCUT2D eigenvalue weighted by atomic mass is 10.1. The Morgan fingerprint density at radius 1 is 1.35 bits per heavy atom. The number of halogens is 1. The SMILES string of the molecule is COC(=O)c1nn(COCC[Si](C)(C)C)c(-c2cc(Cl)ncc2N)c1N. The number of aromatic nitrogens is 3. The molecule has 2 rings (SSSR count). The first-order valence-corrected chi connectivity index (χ1v) is 12.2. The summed E-state index contributed by atoms with van der Waals surface area (Å²) < 4.78 is 12.0. The molecule has 0 aromatic carbocycles. The van der Waals surface area contributed by atoms with Crippen molar-refractivity contribution in [3.63, 3.8) is 0 Å². The lowest BCUT2D eigenvalue weighted by Gasteiger charge is -2.16. The highest BCUT2D eigenvalue weighted by Crippen LogP contribution is 2.34. The average molecular weight is 398 g/mol. The van der Waals surface area contributed by atoms with E-state index in [2.05, 4.69) is 29.7 Å². The van der Waals surface area contributed by atoms with Crippen LogP contribution in [0.25, 0.3) is 11.3 Å². The molecule has 0 atom stereocenters. The van der Waals surface area contributed by atoms with Crippen LogP contribution in [0.1, 0.15) is 10.5 Å². The number of methoxy groups -OCH3 is 1. The van der Waals surface area contributed by atoms with Crippen molar-refractivity contribution in [2.75, 3.05) is 25.2 Å². The fraction of sp³-hybridized carbons (Fsp3) is 0.438. The Hall–Kier alpha value is -2.10. The van der Waals surface area contributed by atoms with Gasteiger partial charge in [0.05, 0.1) is 30.4 Å². The van der Waals surface area contributed by atoms with E-state index in [9.17, 15) is 4.79 Å². The molecule has 0 saturated heterocycles. The summed E-state index contributed by atoms with van der Waals surface area (Å²) in [7, 11) is 0.0486. The zero-order chi connectivity index (χ0) is 19.5. The van der Waals surface area contributed by atoms with Crippen molar-refractivity contribution < 1.29 is 14.3 Å². The number of hydrogen-bond acceptors (Lipinski definition) is 7. The molecule has 0 amide bonds. The number of rotatable bonds is 7. The number of pyridine rings is 1. The third-order valence-electron chi connectivity index (χ3n) is 3.73. The van der Waals surface area contributed by atoms with Gasteiger partial charge in [-0.3, -0.25) is 0 Å². The van der Waals surface area contributed by atoms with E-state index in [1.165, 1.54) is 18.0 Å². The summed E-state index contributed by atoms with van der Waals surface area (Å²) >= 11 is 5.99. The number of nitrogen functional groups attached to an aromatic ring is 2. The summed E-state index contributed by atoms with van der Waals surface area (Å²) in [6, 6.07) is 2.58. The second kappa shape index (κ2) is 8.06. The lowest BCUT2D eigenvalue weighted by Crippen LogP contribution is -2.22. The van der Waals surface area contributed by atoms with Crippen LogP contribution in [0.15, 0.2) is 12.3 Å². The number of nitrogens with zero attached hydrogens (tertiary/aromatic N) is 3. The van der Waals surface area contributed by atoms with Gasteiger partial charge in [-0.1, -0.05) is 31.2 Å². The summed E-state index contributed by atoms with van der Waals surface area (Å²) in [5.74, 6) is -0.636. The number of hydrogen-bond donors (Lipinski definition) is 2. The zero-order valence-corrected chi connectivity index (χ0v) is 17.1. The van der Waals surface area contributed by atoms with Gasteiger partial charge in [0.1, 0.15) is 11.9 Å². The maximum atomic E-state index is 12.0. The van der Waals surface area contributed by atoms with Gasteiger partial charge < -0.3 is 20.9 Å². The first-order valence-electron chi connectivity index (χ1n) is 8.08. The highest BCUT2D eigenvalue weighted by Gasteiger charge is 2.24. The second-order valence-electron chi connectivity index (χ2n) is 7.04. The molecule has 0 unspecified atom stereocenters. The van der Waals surface area contributed by atoms with E-state index in [0.717, 1.165) is 6.04 Å². The van der Waals surface area contributed by atoms with Crippen molar-refractivity contribution in [3.05, 3.63) is 23.1 Å². The van der Waals surface area contributed by atoms with Crippen molar-refractivity contribution in [3.8, 4) is 11.3 Å². The zero-order valence-electron chi connectivity index (χ0n) is 15.4. The van der Waals surface area contributed by atoms with Crippen molar-refractivity contribution in [1.29, 1.82) is 0 Å². The molecule has 4 N–H and O–H groups in total. The fourth-order valence-corrected chi connectivity index (χ4v) is 3.19. The Bertz CT molecular complexity index is 804. The molecule has 0 aliphatic heterocycles. The van der Waals surface area contributed by atoms with Gasteiger partial charge in [0.2, 0.25) is 0 Å². The van der Waals surface area contributed by atoms with Gasteiger partial charge in [-0.25, -0.2) is 14.5 Å². The van der Waals surface area contributed by atoms with Crippen LogP contribution in [0.3, 0.4) is 0 Å². The molecule has 0 spiro atoms. The van der Waals surface area contributed by atoms with Crippen molar-refractivity contribution >= 4 is 37.0 Å². The van der Waals surface area contributed by atoms with Gasteiger partial charge in [0.15, 0.2) is 5.69 Å². The van der Waals surface area contributed by atoms with Gasteiger partial charge in [0.25, 0.3) is 0 Å². The van der Waals surface area contributed by atoms with Gasteiger partial charge in [-0.15, -0.1) is 0 Å².